The lowest BCUT2D eigenvalue weighted by molar-refractivity contribution is 0.267. The number of rotatable bonds is 5. The Morgan fingerprint density at radius 2 is 2.00 bits per heavy atom. The van der Waals surface area contributed by atoms with E-state index in [1.807, 2.05) is 36.4 Å². The number of benzene rings is 1. The van der Waals surface area contributed by atoms with Crippen molar-refractivity contribution in [2.75, 3.05) is 7.05 Å². The van der Waals surface area contributed by atoms with E-state index in [0.717, 1.165) is 30.1 Å². The topological polar surface area (TPSA) is 29.3 Å². The number of hydrogen-bond donors (Lipinski definition) is 0. The van der Waals surface area contributed by atoms with E-state index < -0.39 is 0 Å². The molecule has 0 unspecified atom stereocenters. The Hall–Kier alpha value is -1.91. The van der Waals surface area contributed by atoms with Crippen LogP contribution in [0.3, 0.4) is 0 Å². The molecule has 3 rings (SSSR count). The zero-order valence-electron chi connectivity index (χ0n) is 11.3. The predicted octanol–water partition coefficient (Wildman–Crippen LogP) is 4.04. The van der Waals surface area contributed by atoms with Gasteiger partial charge >= 0.3 is 0 Å². The Kier molecular flexibility index (Phi) is 3.95. The molecule has 0 spiro atoms. The summed E-state index contributed by atoms with van der Waals surface area (Å²) in [5.74, 6) is 0.890. The summed E-state index contributed by atoms with van der Waals surface area (Å²) in [7, 11) is 2.09. The van der Waals surface area contributed by atoms with Crippen LogP contribution in [0.25, 0.3) is 11.3 Å². The molecule has 3 nitrogen and oxygen atoms in total. The average Bonchev–Trinajstić information content (AvgIpc) is 3.11. The van der Waals surface area contributed by atoms with Gasteiger partial charge < -0.3 is 4.52 Å². The van der Waals surface area contributed by atoms with Crippen molar-refractivity contribution >= 4 is 11.3 Å². The van der Waals surface area contributed by atoms with Gasteiger partial charge in [-0.1, -0.05) is 35.5 Å². The Bertz CT molecular complexity index is 646. The maximum absolute atomic E-state index is 5.42. The highest BCUT2D eigenvalue weighted by Gasteiger charge is 2.09. The smallest absolute Gasteiger partial charge is 0.151 e. The fourth-order valence-electron chi connectivity index (χ4n) is 2.15. The quantitative estimate of drug-likeness (QED) is 0.708. The second kappa shape index (κ2) is 6.03. The van der Waals surface area contributed by atoms with Crippen molar-refractivity contribution in [2.45, 2.75) is 13.1 Å². The average molecular weight is 284 g/mol. The van der Waals surface area contributed by atoms with Crippen molar-refractivity contribution in [3.63, 3.8) is 0 Å². The van der Waals surface area contributed by atoms with Crippen LogP contribution in [-0.2, 0) is 13.1 Å². The van der Waals surface area contributed by atoms with E-state index in [0.29, 0.717) is 0 Å². The molecule has 0 aliphatic heterocycles. The van der Waals surface area contributed by atoms with Crippen LogP contribution in [0.2, 0.25) is 0 Å². The van der Waals surface area contributed by atoms with Gasteiger partial charge in [-0.15, -0.1) is 0 Å². The number of thiophene rings is 1. The molecular formula is C16H16N2OS. The summed E-state index contributed by atoms with van der Waals surface area (Å²) >= 11 is 1.73. The first kappa shape index (κ1) is 13.1. The van der Waals surface area contributed by atoms with E-state index in [4.69, 9.17) is 4.52 Å². The normalized spacial score (nSPS) is 11.1. The van der Waals surface area contributed by atoms with E-state index in [1.165, 1.54) is 5.56 Å². The molecule has 0 aliphatic carbocycles. The maximum Gasteiger partial charge on any atom is 0.151 e. The van der Waals surface area contributed by atoms with Crippen molar-refractivity contribution in [2.24, 2.45) is 0 Å². The van der Waals surface area contributed by atoms with E-state index >= 15 is 0 Å². The predicted molar refractivity (Wildman–Crippen MR) is 81.4 cm³/mol. The van der Waals surface area contributed by atoms with Crippen molar-refractivity contribution in [3.05, 3.63) is 64.5 Å². The monoisotopic (exact) mass is 284 g/mol. The summed E-state index contributed by atoms with van der Waals surface area (Å²) in [6.45, 7) is 1.68. The molecule has 2 heterocycles. The van der Waals surface area contributed by atoms with E-state index in [9.17, 15) is 0 Å². The first-order chi connectivity index (χ1) is 9.81. The third kappa shape index (κ3) is 3.15. The molecule has 0 N–H and O–H groups in total. The zero-order valence-corrected chi connectivity index (χ0v) is 12.1. The summed E-state index contributed by atoms with van der Waals surface area (Å²) in [5.41, 5.74) is 3.31. The molecule has 2 aromatic heterocycles. The van der Waals surface area contributed by atoms with Crippen molar-refractivity contribution < 1.29 is 4.52 Å². The van der Waals surface area contributed by atoms with Crippen LogP contribution in [0.15, 0.2) is 57.7 Å². The van der Waals surface area contributed by atoms with Crippen LogP contribution in [0, 0.1) is 0 Å². The summed E-state index contributed by atoms with van der Waals surface area (Å²) in [6, 6.07) is 14.3. The fraction of sp³-hybridized carbons (Fsp3) is 0.188. The summed E-state index contributed by atoms with van der Waals surface area (Å²) < 4.78 is 5.42. The van der Waals surface area contributed by atoms with Crippen molar-refractivity contribution in [1.29, 1.82) is 0 Å². The molecule has 0 aliphatic rings. The largest absolute Gasteiger partial charge is 0.359 e. The molecule has 1 aromatic carbocycles. The van der Waals surface area contributed by atoms with Crippen LogP contribution in [0.5, 0.6) is 0 Å². The lowest BCUT2D eigenvalue weighted by Gasteiger charge is -2.13. The molecule has 3 aromatic rings. The zero-order chi connectivity index (χ0) is 13.8. The summed E-state index contributed by atoms with van der Waals surface area (Å²) in [4.78, 5) is 2.22. The molecule has 0 radical (unpaired) electrons. The minimum Gasteiger partial charge on any atom is -0.359 e. The standard InChI is InChI=1S/C16H16N2OS/c1-18(10-13-7-8-20-12-13)11-15-9-16(17-19-15)14-5-3-2-4-6-14/h2-9,12H,10-11H2,1H3. The van der Waals surface area contributed by atoms with Gasteiger partial charge in [-0.3, -0.25) is 4.90 Å². The van der Waals surface area contributed by atoms with Gasteiger partial charge in [0.1, 0.15) is 5.69 Å². The molecule has 0 atom stereocenters. The van der Waals surface area contributed by atoms with Crippen LogP contribution in [-0.4, -0.2) is 17.1 Å². The van der Waals surface area contributed by atoms with Crippen LogP contribution < -0.4 is 0 Å². The lowest BCUT2D eigenvalue weighted by atomic mass is 10.1. The third-order valence-electron chi connectivity index (χ3n) is 3.09. The van der Waals surface area contributed by atoms with Gasteiger partial charge in [-0.25, -0.2) is 0 Å². The van der Waals surface area contributed by atoms with Crippen molar-refractivity contribution in [3.8, 4) is 11.3 Å². The molecule has 0 bridgehead atoms. The highest BCUT2D eigenvalue weighted by molar-refractivity contribution is 7.07. The summed E-state index contributed by atoms with van der Waals surface area (Å²) in [6.07, 6.45) is 0. The van der Waals surface area contributed by atoms with Gasteiger partial charge in [0.15, 0.2) is 5.76 Å². The minimum absolute atomic E-state index is 0.760. The minimum atomic E-state index is 0.760. The van der Waals surface area contributed by atoms with Gasteiger partial charge in [0.2, 0.25) is 0 Å². The van der Waals surface area contributed by atoms with Crippen LogP contribution in [0.1, 0.15) is 11.3 Å². The number of hydrogen-bond acceptors (Lipinski definition) is 4. The second-order valence-electron chi connectivity index (χ2n) is 4.85. The molecule has 0 amide bonds. The van der Waals surface area contributed by atoms with Gasteiger partial charge in [0.25, 0.3) is 0 Å². The Balaban J connectivity index is 1.65. The second-order valence-corrected chi connectivity index (χ2v) is 5.63. The van der Waals surface area contributed by atoms with Crippen molar-refractivity contribution in [1.82, 2.24) is 10.1 Å². The number of aromatic nitrogens is 1. The van der Waals surface area contributed by atoms with Gasteiger partial charge in [-0.2, -0.15) is 11.3 Å². The maximum atomic E-state index is 5.42. The Morgan fingerprint density at radius 3 is 2.75 bits per heavy atom. The SMILES string of the molecule is CN(Cc1ccsc1)Cc1cc(-c2ccccc2)no1. The van der Waals surface area contributed by atoms with Crippen LogP contribution in [0.4, 0.5) is 0 Å². The lowest BCUT2D eigenvalue weighted by Crippen LogP contribution is -2.16. The van der Waals surface area contributed by atoms with Crippen LogP contribution >= 0.6 is 11.3 Å². The van der Waals surface area contributed by atoms with E-state index in [1.54, 1.807) is 11.3 Å². The first-order valence-electron chi connectivity index (χ1n) is 6.52. The molecule has 102 valence electrons. The number of nitrogens with zero attached hydrogens (tertiary/aromatic N) is 2. The molecule has 0 saturated carbocycles. The van der Waals surface area contributed by atoms with E-state index in [-0.39, 0.29) is 0 Å². The fourth-order valence-corrected chi connectivity index (χ4v) is 2.81. The molecular weight excluding hydrogens is 268 g/mol. The van der Waals surface area contributed by atoms with E-state index in [2.05, 4.69) is 33.9 Å². The molecule has 4 heteroatoms. The highest BCUT2D eigenvalue weighted by atomic mass is 32.1. The molecule has 20 heavy (non-hydrogen) atoms. The Labute approximate surface area is 122 Å². The molecule has 0 fully saturated rings. The molecule has 0 saturated heterocycles. The van der Waals surface area contributed by atoms with Gasteiger partial charge in [0.05, 0.1) is 6.54 Å². The Morgan fingerprint density at radius 1 is 1.15 bits per heavy atom. The van der Waals surface area contributed by atoms with Gasteiger partial charge in [0, 0.05) is 18.2 Å². The van der Waals surface area contributed by atoms with Gasteiger partial charge in [-0.05, 0) is 29.4 Å². The first-order valence-corrected chi connectivity index (χ1v) is 7.46. The highest BCUT2D eigenvalue weighted by Crippen LogP contribution is 2.19. The summed E-state index contributed by atoms with van der Waals surface area (Å²) in [5, 5.41) is 8.41. The third-order valence-corrected chi connectivity index (χ3v) is 3.82.